The van der Waals surface area contributed by atoms with Gasteiger partial charge in [-0.25, -0.2) is 9.37 Å². The van der Waals surface area contributed by atoms with Crippen LogP contribution in [0.15, 0.2) is 42.6 Å². The van der Waals surface area contributed by atoms with E-state index >= 15 is 0 Å². The molecule has 0 amide bonds. The number of fused-ring (bicyclic) bond motifs is 1. The van der Waals surface area contributed by atoms with Crippen molar-refractivity contribution in [3.05, 3.63) is 64.2 Å². The number of pyridine rings is 1. The molecule has 0 aliphatic carbocycles. The first-order valence-corrected chi connectivity index (χ1v) is 6.22. The molecule has 0 saturated heterocycles. The summed E-state index contributed by atoms with van der Waals surface area (Å²) < 4.78 is 15.4. The fourth-order valence-corrected chi connectivity index (χ4v) is 2.25. The zero-order valence-corrected chi connectivity index (χ0v) is 10.9. The molecule has 0 aliphatic heterocycles. The summed E-state index contributed by atoms with van der Waals surface area (Å²) in [5.41, 5.74) is 7.74. The zero-order valence-electron chi connectivity index (χ0n) is 10.9. The van der Waals surface area contributed by atoms with Gasteiger partial charge in [0.25, 0.3) is 5.69 Å². The van der Waals surface area contributed by atoms with Crippen molar-refractivity contribution < 1.29 is 9.31 Å². The average Bonchev–Trinajstić information content (AvgIpc) is 2.87. The molecular formula is C14H11FN4O2. The summed E-state index contributed by atoms with van der Waals surface area (Å²) >= 11 is 0. The normalized spacial score (nSPS) is 11.0. The Morgan fingerprint density at radius 3 is 2.62 bits per heavy atom. The lowest BCUT2D eigenvalue weighted by Crippen LogP contribution is -2.02. The van der Waals surface area contributed by atoms with E-state index in [2.05, 4.69) is 4.98 Å². The number of nitrogens with two attached hydrogens (primary N) is 1. The van der Waals surface area contributed by atoms with E-state index in [9.17, 15) is 14.5 Å². The Kier molecular flexibility index (Phi) is 3.11. The molecule has 3 rings (SSSR count). The van der Waals surface area contributed by atoms with Gasteiger partial charge in [0, 0.05) is 30.4 Å². The van der Waals surface area contributed by atoms with Crippen molar-refractivity contribution in [1.82, 2.24) is 9.38 Å². The van der Waals surface area contributed by atoms with Gasteiger partial charge in [-0.3, -0.25) is 14.5 Å². The van der Waals surface area contributed by atoms with Gasteiger partial charge in [0.1, 0.15) is 0 Å². The van der Waals surface area contributed by atoms with E-state index in [1.54, 1.807) is 28.8 Å². The van der Waals surface area contributed by atoms with Gasteiger partial charge in [-0.2, -0.15) is 0 Å². The summed E-state index contributed by atoms with van der Waals surface area (Å²) in [4.78, 5) is 14.5. The molecule has 0 fully saturated rings. The van der Waals surface area contributed by atoms with E-state index in [1.165, 1.54) is 18.2 Å². The first-order valence-electron chi connectivity index (χ1n) is 6.22. The highest BCUT2D eigenvalue weighted by Crippen LogP contribution is 2.26. The second kappa shape index (κ2) is 4.95. The number of nitrogens with zero attached hydrogens (tertiary/aromatic N) is 3. The molecule has 1 aromatic carbocycles. The number of non-ortho nitro benzene ring substituents is 1. The molecule has 0 spiro atoms. The van der Waals surface area contributed by atoms with E-state index < -0.39 is 10.7 Å². The van der Waals surface area contributed by atoms with Crippen LogP contribution >= 0.6 is 0 Å². The van der Waals surface area contributed by atoms with Crippen molar-refractivity contribution >= 4 is 11.3 Å². The molecule has 0 aliphatic rings. The Morgan fingerprint density at radius 2 is 2.00 bits per heavy atom. The molecule has 0 saturated carbocycles. The van der Waals surface area contributed by atoms with Crippen LogP contribution < -0.4 is 5.73 Å². The van der Waals surface area contributed by atoms with Gasteiger partial charge in [0.05, 0.1) is 16.3 Å². The maximum Gasteiger partial charge on any atom is 0.269 e. The summed E-state index contributed by atoms with van der Waals surface area (Å²) in [5, 5.41) is 10.7. The standard InChI is InChI=1S/C14H11FN4O2/c15-11-2-1-7-18-12(8-16)13(17-14(11)18)9-3-5-10(6-4-9)19(20)21/h1-7H,8,16H2. The van der Waals surface area contributed by atoms with Crippen molar-refractivity contribution in [2.45, 2.75) is 6.54 Å². The maximum absolute atomic E-state index is 13.8. The van der Waals surface area contributed by atoms with Crippen molar-refractivity contribution in [1.29, 1.82) is 0 Å². The van der Waals surface area contributed by atoms with Crippen LogP contribution in [-0.4, -0.2) is 14.3 Å². The Balaban J connectivity index is 2.19. The highest BCUT2D eigenvalue weighted by molar-refractivity contribution is 5.67. The molecule has 0 atom stereocenters. The molecule has 2 heterocycles. The number of hydrogen-bond donors (Lipinski definition) is 1. The number of aromatic nitrogens is 2. The fraction of sp³-hybridized carbons (Fsp3) is 0.0714. The molecule has 0 unspecified atom stereocenters. The topological polar surface area (TPSA) is 86.5 Å². The van der Waals surface area contributed by atoms with Gasteiger partial charge in [-0.05, 0) is 24.3 Å². The molecule has 3 aromatic rings. The lowest BCUT2D eigenvalue weighted by atomic mass is 10.1. The number of halogens is 1. The molecule has 0 radical (unpaired) electrons. The minimum atomic E-state index is -0.475. The molecule has 7 heteroatoms. The van der Waals surface area contributed by atoms with E-state index in [-0.39, 0.29) is 17.9 Å². The molecule has 0 bridgehead atoms. The molecular weight excluding hydrogens is 275 g/mol. The van der Waals surface area contributed by atoms with Gasteiger partial charge < -0.3 is 5.73 Å². The smallest absolute Gasteiger partial charge is 0.269 e. The van der Waals surface area contributed by atoms with Crippen LogP contribution in [0.4, 0.5) is 10.1 Å². The van der Waals surface area contributed by atoms with Crippen LogP contribution in [-0.2, 0) is 6.54 Å². The number of nitro groups is 1. The van der Waals surface area contributed by atoms with Crippen LogP contribution in [0.2, 0.25) is 0 Å². The second-order valence-corrected chi connectivity index (χ2v) is 4.46. The third-order valence-corrected chi connectivity index (χ3v) is 3.25. The Bertz CT molecular complexity index is 827. The number of imidazole rings is 1. The summed E-state index contributed by atoms with van der Waals surface area (Å²) in [7, 11) is 0. The SMILES string of the molecule is NCc1c(-c2ccc([N+](=O)[O-])cc2)nc2c(F)cccn12. The summed E-state index contributed by atoms with van der Waals surface area (Å²) in [6, 6.07) is 8.82. The van der Waals surface area contributed by atoms with Crippen molar-refractivity contribution in [2.75, 3.05) is 0 Å². The van der Waals surface area contributed by atoms with Gasteiger partial charge in [-0.1, -0.05) is 0 Å². The van der Waals surface area contributed by atoms with Crippen LogP contribution in [0, 0.1) is 15.9 Å². The first-order chi connectivity index (χ1) is 10.1. The Labute approximate surface area is 118 Å². The predicted molar refractivity (Wildman–Crippen MR) is 75.1 cm³/mol. The molecule has 21 heavy (non-hydrogen) atoms. The van der Waals surface area contributed by atoms with Crippen molar-refractivity contribution in [2.24, 2.45) is 5.73 Å². The van der Waals surface area contributed by atoms with Crippen LogP contribution in [0.1, 0.15) is 5.69 Å². The minimum absolute atomic E-state index is 0.0111. The van der Waals surface area contributed by atoms with Crippen molar-refractivity contribution in [3.63, 3.8) is 0 Å². The van der Waals surface area contributed by atoms with E-state index in [0.717, 1.165) is 0 Å². The highest BCUT2D eigenvalue weighted by Gasteiger charge is 2.16. The molecule has 2 aromatic heterocycles. The van der Waals surface area contributed by atoms with Gasteiger partial charge in [-0.15, -0.1) is 0 Å². The monoisotopic (exact) mass is 286 g/mol. The number of hydrogen-bond acceptors (Lipinski definition) is 4. The lowest BCUT2D eigenvalue weighted by molar-refractivity contribution is -0.384. The molecule has 6 nitrogen and oxygen atoms in total. The molecule has 106 valence electrons. The van der Waals surface area contributed by atoms with E-state index in [0.29, 0.717) is 17.0 Å². The van der Waals surface area contributed by atoms with Gasteiger partial charge >= 0.3 is 0 Å². The van der Waals surface area contributed by atoms with Gasteiger partial charge in [0.15, 0.2) is 11.5 Å². The number of nitro benzene ring substituents is 1. The second-order valence-electron chi connectivity index (χ2n) is 4.46. The fourth-order valence-electron chi connectivity index (χ4n) is 2.25. The van der Waals surface area contributed by atoms with Gasteiger partial charge in [0.2, 0.25) is 0 Å². The third-order valence-electron chi connectivity index (χ3n) is 3.25. The highest BCUT2D eigenvalue weighted by atomic mass is 19.1. The first kappa shape index (κ1) is 13.2. The quantitative estimate of drug-likeness (QED) is 0.592. The number of rotatable bonds is 3. The summed E-state index contributed by atoms with van der Waals surface area (Å²) in [5.74, 6) is -0.444. The van der Waals surface area contributed by atoms with Crippen LogP contribution in [0.3, 0.4) is 0 Å². The lowest BCUT2D eigenvalue weighted by Gasteiger charge is -2.02. The van der Waals surface area contributed by atoms with E-state index in [4.69, 9.17) is 5.73 Å². The Morgan fingerprint density at radius 1 is 1.29 bits per heavy atom. The molecule has 2 N–H and O–H groups in total. The summed E-state index contributed by atoms with van der Waals surface area (Å²) in [6.07, 6.45) is 1.68. The zero-order chi connectivity index (χ0) is 15.0. The third kappa shape index (κ3) is 2.13. The summed E-state index contributed by atoms with van der Waals surface area (Å²) in [6.45, 7) is 0.178. The van der Waals surface area contributed by atoms with Crippen LogP contribution in [0.25, 0.3) is 16.9 Å². The average molecular weight is 286 g/mol. The van der Waals surface area contributed by atoms with Crippen molar-refractivity contribution in [3.8, 4) is 11.3 Å². The predicted octanol–water partition coefficient (Wildman–Crippen LogP) is 2.51. The number of benzene rings is 1. The Hall–Kier alpha value is -2.80. The maximum atomic E-state index is 13.8. The van der Waals surface area contributed by atoms with Crippen LogP contribution in [0.5, 0.6) is 0 Å². The van der Waals surface area contributed by atoms with E-state index in [1.807, 2.05) is 0 Å². The largest absolute Gasteiger partial charge is 0.325 e. The minimum Gasteiger partial charge on any atom is -0.325 e.